The second-order valence-corrected chi connectivity index (χ2v) is 8.02. The first-order chi connectivity index (χ1) is 13.7. The second kappa shape index (κ2) is 8.67. The van der Waals surface area contributed by atoms with Gasteiger partial charge in [0.15, 0.2) is 0 Å². The number of nitrogens with zero attached hydrogens (tertiary/aromatic N) is 3. The molecule has 4 rings (SSSR count). The topological polar surface area (TPSA) is 64.4 Å². The standard InChI is InChI=1S/C21H23N3O3S/c25-20-13-22-24(19-8-2-1-7-18(19)20)10-9-21(26)23(14-16-5-3-11-27-16)15-17-6-4-12-28-17/h1-2,4,6-8,12-13,16H,3,5,9-11,14-15H2. The smallest absolute Gasteiger partial charge is 0.224 e. The summed E-state index contributed by atoms with van der Waals surface area (Å²) >= 11 is 1.66. The Morgan fingerprint density at radius 2 is 2.18 bits per heavy atom. The van der Waals surface area contributed by atoms with Gasteiger partial charge in [0, 0.05) is 29.8 Å². The van der Waals surface area contributed by atoms with Gasteiger partial charge >= 0.3 is 0 Å². The zero-order valence-corrected chi connectivity index (χ0v) is 16.4. The predicted molar refractivity (Wildman–Crippen MR) is 109 cm³/mol. The molecule has 3 heterocycles. The fourth-order valence-electron chi connectivity index (χ4n) is 3.58. The number of para-hydroxylation sites is 1. The lowest BCUT2D eigenvalue weighted by atomic mass is 10.2. The van der Waals surface area contributed by atoms with Gasteiger partial charge in [0.2, 0.25) is 11.3 Å². The monoisotopic (exact) mass is 397 g/mol. The molecule has 0 saturated carbocycles. The van der Waals surface area contributed by atoms with Gasteiger partial charge in [-0.2, -0.15) is 5.10 Å². The van der Waals surface area contributed by atoms with Crippen molar-refractivity contribution in [1.29, 1.82) is 0 Å². The van der Waals surface area contributed by atoms with Crippen LogP contribution in [0.1, 0.15) is 24.1 Å². The van der Waals surface area contributed by atoms with Crippen LogP contribution in [-0.2, 0) is 22.6 Å². The Labute approximate surface area is 167 Å². The fourth-order valence-corrected chi connectivity index (χ4v) is 4.30. The molecule has 0 bridgehead atoms. The van der Waals surface area contributed by atoms with Gasteiger partial charge in [-0.25, -0.2) is 0 Å². The summed E-state index contributed by atoms with van der Waals surface area (Å²) in [6.45, 7) is 2.44. The highest BCUT2D eigenvalue weighted by Crippen LogP contribution is 2.18. The predicted octanol–water partition coefficient (Wildman–Crippen LogP) is 3.06. The van der Waals surface area contributed by atoms with Gasteiger partial charge in [-0.3, -0.25) is 14.3 Å². The van der Waals surface area contributed by atoms with Crippen LogP contribution < -0.4 is 5.43 Å². The van der Waals surface area contributed by atoms with E-state index in [1.807, 2.05) is 34.5 Å². The summed E-state index contributed by atoms with van der Waals surface area (Å²) in [6, 6.07) is 11.4. The largest absolute Gasteiger partial charge is 0.376 e. The van der Waals surface area contributed by atoms with Crippen LogP contribution in [0.3, 0.4) is 0 Å². The molecular formula is C21H23N3O3S. The minimum Gasteiger partial charge on any atom is -0.376 e. The number of hydrogen-bond donors (Lipinski definition) is 0. The van der Waals surface area contributed by atoms with Gasteiger partial charge in [-0.05, 0) is 36.4 Å². The number of fused-ring (bicyclic) bond motifs is 1. The van der Waals surface area contributed by atoms with Crippen molar-refractivity contribution in [3.8, 4) is 0 Å². The highest BCUT2D eigenvalue weighted by Gasteiger charge is 2.23. The van der Waals surface area contributed by atoms with Gasteiger partial charge in [0.1, 0.15) is 0 Å². The number of aromatic nitrogens is 2. The number of aryl methyl sites for hydroxylation is 1. The summed E-state index contributed by atoms with van der Waals surface area (Å²) in [5.41, 5.74) is 0.655. The Bertz CT molecular complexity index is 994. The number of carbonyl (C=O) groups is 1. The van der Waals surface area contributed by atoms with E-state index >= 15 is 0 Å². The summed E-state index contributed by atoms with van der Waals surface area (Å²) in [4.78, 5) is 28.1. The van der Waals surface area contributed by atoms with Gasteiger partial charge in [0.25, 0.3) is 0 Å². The van der Waals surface area contributed by atoms with E-state index in [4.69, 9.17) is 4.74 Å². The Hall–Kier alpha value is -2.51. The molecule has 1 amide bonds. The molecule has 0 spiro atoms. The molecule has 6 nitrogen and oxygen atoms in total. The molecule has 2 aromatic heterocycles. The molecule has 1 saturated heterocycles. The van der Waals surface area contributed by atoms with Crippen molar-refractivity contribution < 1.29 is 9.53 Å². The van der Waals surface area contributed by atoms with Crippen LogP contribution in [0.5, 0.6) is 0 Å². The van der Waals surface area contributed by atoms with E-state index in [9.17, 15) is 9.59 Å². The molecule has 1 aliphatic heterocycles. The SMILES string of the molecule is O=C(CCn1ncc(=O)c2ccccc21)N(Cc1cccs1)CC1CCCO1. The molecule has 146 valence electrons. The molecular weight excluding hydrogens is 374 g/mol. The van der Waals surface area contributed by atoms with E-state index in [1.54, 1.807) is 22.1 Å². The minimum atomic E-state index is -0.101. The first kappa shape index (κ1) is 18.8. The summed E-state index contributed by atoms with van der Waals surface area (Å²) in [5.74, 6) is 0.0773. The molecule has 7 heteroatoms. The van der Waals surface area contributed by atoms with Gasteiger partial charge in [0.05, 0.1) is 30.9 Å². The van der Waals surface area contributed by atoms with E-state index in [0.29, 0.717) is 31.4 Å². The Kier molecular flexibility index (Phi) is 5.83. The third-order valence-corrected chi connectivity index (χ3v) is 5.89. The lowest BCUT2D eigenvalue weighted by Gasteiger charge is -2.25. The van der Waals surface area contributed by atoms with Crippen molar-refractivity contribution in [3.63, 3.8) is 0 Å². The number of carbonyl (C=O) groups excluding carboxylic acids is 1. The Morgan fingerprint density at radius 1 is 1.29 bits per heavy atom. The number of benzene rings is 1. The first-order valence-electron chi connectivity index (χ1n) is 9.57. The minimum absolute atomic E-state index is 0.0773. The van der Waals surface area contributed by atoms with Crippen molar-refractivity contribution in [2.45, 2.75) is 38.5 Å². The molecule has 1 aliphatic rings. The van der Waals surface area contributed by atoms with Crippen LogP contribution in [-0.4, -0.2) is 39.8 Å². The Morgan fingerprint density at radius 3 is 2.96 bits per heavy atom. The van der Waals surface area contributed by atoms with E-state index in [-0.39, 0.29) is 17.4 Å². The van der Waals surface area contributed by atoms with Crippen molar-refractivity contribution in [1.82, 2.24) is 14.7 Å². The normalized spacial score (nSPS) is 16.5. The lowest BCUT2D eigenvalue weighted by Crippen LogP contribution is -2.37. The molecule has 0 aliphatic carbocycles. The van der Waals surface area contributed by atoms with Crippen LogP contribution in [0.2, 0.25) is 0 Å². The van der Waals surface area contributed by atoms with Gasteiger partial charge < -0.3 is 9.64 Å². The van der Waals surface area contributed by atoms with Gasteiger partial charge in [-0.1, -0.05) is 18.2 Å². The average Bonchev–Trinajstić information content (AvgIpc) is 3.41. The number of rotatable bonds is 7. The first-order valence-corrected chi connectivity index (χ1v) is 10.5. The Balaban J connectivity index is 1.48. The van der Waals surface area contributed by atoms with Crippen LogP contribution in [0.15, 0.2) is 52.8 Å². The highest BCUT2D eigenvalue weighted by molar-refractivity contribution is 7.09. The molecule has 1 aromatic carbocycles. The van der Waals surface area contributed by atoms with E-state index in [1.165, 1.54) is 11.1 Å². The number of amides is 1. The molecule has 1 fully saturated rings. The zero-order chi connectivity index (χ0) is 19.3. The lowest BCUT2D eigenvalue weighted by molar-refractivity contribution is -0.133. The van der Waals surface area contributed by atoms with Crippen molar-refractivity contribution in [2.24, 2.45) is 0 Å². The van der Waals surface area contributed by atoms with E-state index in [2.05, 4.69) is 11.2 Å². The van der Waals surface area contributed by atoms with E-state index in [0.717, 1.165) is 25.0 Å². The maximum Gasteiger partial charge on any atom is 0.224 e. The van der Waals surface area contributed by atoms with Crippen LogP contribution >= 0.6 is 11.3 Å². The average molecular weight is 398 g/mol. The van der Waals surface area contributed by atoms with Crippen LogP contribution in [0, 0.1) is 0 Å². The maximum absolute atomic E-state index is 13.0. The fraction of sp³-hybridized carbons (Fsp3) is 0.381. The van der Waals surface area contributed by atoms with E-state index < -0.39 is 0 Å². The molecule has 3 aromatic rings. The number of hydrogen-bond acceptors (Lipinski definition) is 5. The van der Waals surface area contributed by atoms with Crippen molar-refractivity contribution >= 4 is 28.1 Å². The number of ether oxygens (including phenoxy) is 1. The molecule has 0 radical (unpaired) electrons. The molecule has 1 unspecified atom stereocenters. The highest BCUT2D eigenvalue weighted by atomic mass is 32.1. The van der Waals surface area contributed by atoms with Crippen molar-refractivity contribution in [2.75, 3.05) is 13.2 Å². The summed E-state index contributed by atoms with van der Waals surface area (Å²) in [5, 5.41) is 6.88. The zero-order valence-electron chi connectivity index (χ0n) is 15.6. The summed E-state index contributed by atoms with van der Waals surface area (Å²) < 4.78 is 7.48. The molecule has 0 N–H and O–H groups in total. The van der Waals surface area contributed by atoms with Crippen LogP contribution in [0.4, 0.5) is 0 Å². The second-order valence-electron chi connectivity index (χ2n) is 6.99. The molecule has 28 heavy (non-hydrogen) atoms. The summed E-state index contributed by atoms with van der Waals surface area (Å²) in [7, 11) is 0. The maximum atomic E-state index is 13.0. The number of thiophene rings is 1. The quantitative estimate of drug-likeness (QED) is 0.615. The third kappa shape index (κ3) is 4.31. The molecule has 1 atom stereocenters. The summed E-state index contributed by atoms with van der Waals surface area (Å²) in [6.07, 6.45) is 3.83. The third-order valence-electron chi connectivity index (χ3n) is 5.03. The van der Waals surface area contributed by atoms with Crippen molar-refractivity contribution in [3.05, 3.63) is 63.1 Å². The van der Waals surface area contributed by atoms with Gasteiger partial charge in [-0.15, -0.1) is 11.3 Å². The van der Waals surface area contributed by atoms with Crippen LogP contribution in [0.25, 0.3) is 10.9 Å².